The van der Waals surface area contributed by atoms with Gasteiger partial charge in [-0.05, 0) is 18.7 Å². The maximum Gasteiger partial charge on any atom is 0.180 e. The van der Waals surface area contributed by atoms with Gasteiger partial charge in [-0.15, -0.1) is 0 Å². The molecule has 0 unspecified atom stereocenters. The molecule has 0 aliphatic heterocycles. The van der Waals surface area contributed by atoms with Crippen molar-refractivity contribution in [3.8, 4) is 0 Å². The standard InChI is InChI=1S/C8H10N2O/c1-2-9-7-8-3-5-10(11)6-4-8/h2-6H,7H2,1H3. The van der Waals surface area contributed by atoms with Crippen molar-refractivity contribution < 1.29 is 4.73 Å². The van der Waals surface area contributed by atoms with E-state index in [4.69, 9.17) is 0 Å². The first-order chi connectivity index (χ1) is 5.33. The van der Waals surface area contributed by atoms with Crippen molar-refractivity contribution in [1.82, 2.24) is 0 Å². The molecule has 1 rings (SSSR count). The van der Waals surface area contributed by atoms with Crippen LogP contribution in [0.15, 0.2) is 29.5 Å². The summed E-state index contributed by atoms with van der Waals surface area (Å²) in [5.41, 5.74) is 1.05. The predicted octanol–water partition coefficient (Wildman–Crippen LogP) is 0.911. The molecule has 1 heterocycles. The molecule has 0 fully saturated rings. The summed E-state index contributed by atoms with van der Waals surface area (Å²) in [4.78, 5) is 4.04. The molecular formula is C8H10N2O. The van der Waals surface area contributed by atoms with Gasteiger partial charge in [0.1, 0.15) is 0 Å². The van der Waals surface area contributed by atoms with Gasteiger partial charge in [-0.25, -0.2) is 0 Å². The lowest BCUT2D eigenvalue weighted by Crippen LogP contribution is -2.23. The average Bonchev–Trinajstić information content (AvgIpc) is 2.04. The van der Waals surface area contributed by atoms with Gasteiger partial charge in [0.25, 0.3) is 0 Å². The second kappa shape index (κ2) is 3.71. The van der Waals surface area contributed by atoms with Crippen LogP contribution in [0.2, 0.25) is 0 Å². The second-order valence-electron chi connectivity index (χ2n) is 2.17. The molecule has 0 saturated carbocycles. The van der Waals surface area contributed by atoms with Crippen LogP contribution in [0.3, 0.4) is 0 Å². The third-order valence-corrected chi connectivity index (χ3v) is 1.33. The lowest BCUT2D eigenvalue weighted by molar-refractivity contribution is -0.605. The summed E-state index contributed by atoms with van der Waals surface area (Å²) in [6, 6.07) is 3.53. The van der Waals surface area contributed by atoms with Crippen LogP contribution in [0.1, 0.15) is 12.5 Å². The summed E-state index contributed by atoms with van der Waals surface area (Å²) in [5.74, 6) is 0. The summed E-state index contributed by atoms with van der Waals surface area (Å²) in [5, 5.41) is 10.6. The van der Waals surface area contributed by atoms with E-state index in [-0.39, 0.29) is 0 Å². The summed E-state index contributed by atoms with van der Waals surface area (Å²) in [7, 11) is 0. The van der Waals surface area contributed by atoms with Gasteiger partial charge in [0.2, 0.25) is 0 Å². The highest BCUT2D eigenvalue weighted by Gasteiger charge is 1.91. The average molecular weight is 150 g/mol. The Morgan fingerprint density at radius 2 is 2.18 bits per heavy atom. The maximum absolute atomic E-state index is 10.6. The first-order valence-corrected chi connectivity index (χ1v) is 3.45. The lowest BCUT2D eigenvalue weighted by atomic mass is 10.3. The number of rotatable bonds is 2. The number of hydrogen-bond donors (Lipinski definition) is 0. The van der Waals surface area contributed by atoms with Crippen molar-refractivity contribution >= 4 is 6.21 Å². The third kappa shape index (κ3) is 2.37. The summed E-state index contributed by atoms with van der Waals surface area (Å²) in [6.07, 6.45) is 4.69. The van der Waals surface area contributed by atoms with Crippen LogP contribution in [0.25, 0.3) is 0 Å². The molecule has 1 aromatic rings. The largest absolute Gasteiger partial charge is 0.619 e. The predicted molar refractivity (Wildman–Crippen MR) is 43.3 cm³/mol. The fourth-order valence-electron chi connectivity index (χ4n) is 0.746. The molecule has 11 heavy (non-hydrogen) atoms. The summed E-state index contributed by atoms with van der Waals surface area (Å²) >= 11 is 0. The zero-order valence-corrected chi connectivity index (χ0v) is 6.40. The van der Waals surface area contributed by atoms with Crippen molar-refractivity contribution in [2.45, 2.75) is 13.5 Å². The maximum atomic E-state index is 10.6. The molecule has 0 aliphatic carbocycles. The van der Waals surface area contributed by atoms with E-state index < -0.39 is 0 Å². The van der Waals surface area contributed by atoms with Crippen LogP contribution in [0.5, 0.6) is 0 Å². The quantitative estimate of drug-likeness (QED) is 0.351. The molecule has 3 nitrogen and oxygen atoms in total. The van der Waals surface area contributed by atoms with Crippen molar-refractivity contribution in [2.75, 3.05) is 0 Å². The Balaban J connectivity index is 2.66. The van der Waals surface area contributed by atoms with E-state index >= 15 is 0 Å². The zero-order valence-electron chi connectivity index (χ0n) is 6.40. The Kier molecular flexibility index (Phi) is 2.60. The van der Waals surface area contributed by atoms with Crippen molar-refractivity contribution in [2.24, 2.45) is 4.99 Å². The SMILES string of the molecule is CC=NCc1cc[n+]([O-])cc1. The molecule has 0 aliphatic rings. The highest BCUT2D eigenvalue weighted by Crippen LogP contribution is 1.95. The molecule has 0 spiro atoms. The molecule has 1 aromatic heterocycles. The number of hydrogen-bond acceptors (Lipinski definition) is 2. The van der Waals surface area contributed by atoms with Gasteiger partial charge < -0.3 is 5.21 Å². The number of nitrogens with zero attached hydrogens (tertiary/aromatic N) is 2. The van der Waals surface area contributed by atoms with Crippen LogP contribution in [0.4, 0.5) is 0 Å². The molecule has 0 amide bonds. The van der Waals surface area contributed by atoms with Crippen molar-refractivity contribution in [1.29, 1.82) is 0 Å². The summed E-state index contributed by atoms with van der Waals surface area (Å²) < 4.78 is 0.763. The van der Waals surface area contributed by atoms with E-state index in [1.807, 2.05) is 6.92 Å². The van der Waals surface area contributed by atoms with Crippen LogP contribution in [-0.2, 0) is 6.54 Å². The van der Waals surface area contributed by atoms with Crippen molar-refractivity contribution in [3.05, 3.63) is 35.3 Å². The van der Waals surface area contributed by atoms with E-state index in [0.717, 1.165) is 10.3 Å². The normalized spacial score (nSPS) is 10.6. The van der Waals surface area contributed by atoms with Gasteiger partial charge in [0.05, 0.1) is 6.54 Å². The van der Waals surface area contributed by atoms with E-state index in [1.165, 1.54) is 12.4 Å². The van der Waals surface area contributed by atoms with E-state index in [0.29, 0.717) is 6.54 Å². The molecule has 0 atom stereocenters. The number of pyridine rings is 1. The van der Waals surface area contributed by atoms with Gasteiger partial charge in [0, 0.05) is 12.1 Å². The van der Waals surface area contributed by atoms with Gasteiger partial charge in [0.15, 0.2) is 12.4 Å². The smallest absolute Gasteiger partial charge is 0.180 e. The van der Waals surface area contributed by atoms with Crippen LogP contribution >= 0.6 is 0 Å². The molecule has 0 saturated heterocycles. The zero-order chi connectivity index (χ0) is 8.10. The fraction of sp³-hybridized carbons (Fsp3) is 0.250. The molecular weight excluding hydrogens is 140 g/mol. The molecule has 0 N–H and O–H groups in total. The second-order valence-corrected chi connectivity index (χ2v) is 2.17. The van der Waals surface area contributed by atoms with Gasteiger partial charge in [-0.1, -0.05) is 0 Å². The van der Waals surface area contributed by atoms with Crippen LogP contribution in [-0.4, -0.2) is 6.21 Å². The monoisotopic (exact) mass is 150 g/mol. The minimum Gasteiger partial charge on any atom is -0.619 e. The van der Waals surface area contributed by atoms with E-state index in [9.17, 15) is 5.21 Å². The molecule has 0 radical (unpaired) electrons. The first-order valence-electron chi connectivity index (χ1n) is 3.45. The minimum atomic E-state index is 0.650. The molecule has 0 aromatic carbocycles. The highest BCUT2D eigenvalue weighted by molar-refractivity contribution is 5.53. The Morgan fingerprint density at radius 1 is 1.55 bits per heavy atom. The third-order valence-electron chi connectivity index (χ3n) is 1.33. The first kappa shape index (κ1) is 7.72. The minimum absolute atomic E-state index is 0.650. The molecule has 58 valence electrons. The topological polar surface area (TPSA) is 39.3 Å². The molecule has 0 bridgehead atoms. The van der Waals surface area contributed by atoms with Crippen molar-refractivity contribution in [3.63, 3.8) is 0 Å². The Morgan fingerprint density at radius 3 is 2.73 bits per heavy atom. The number of aromatic nitrogens is 1. The lowest BCUT2D eigenvalue weighted by Gasteiger charge is -1.95. The Hall–Kier alpha value is -1.38. The van der Waals surface area contributed by atoms with Crippen LogP contribution in [0, 0.1) is 5.21 Å². The van der Waals surface area contributed by atoms with Crippen LogP contribution < -0.4 is 4.73 Å². The molecule has 3 heteroatoms. The number of aliphatic imine (C=N–C) groups is 1. The van der Waals surface area contributed by atoms with Gasteiger partial charge in [-0.3, -0.25) is 4.99 Å². The van der Waals surface area contributed by atoms with E-state index in [2.05, 4.69) is 4.99 Å². The summed E-state index contributed by atoms with van der Waals surface area (Å²) in [6.45, 7) is 2.52. The highest BCUT2D eigenvalue weighted by atomic mass is 16.5. The van der Waals surface area contributed by atoms with E-state index in [1.54, 1.807) is 18.3 Å². The fourth-order valence-corrected chi connectivity index (χ4v) is 0.746. The van der Waals surface area contributed by atoms with Gasteiger partial charge >= 0.3 is 0 Å². The van der Waals surface area contributed by atoms with Gasteiger partial charge in [-0.2, -0.15) is 4.73 Å². The Labute approximate surface area is 65.6 Å². The Bertz CT molecular complexity index is 241.